The van der Waals surface area contributed by atoms with E-state index in [4.69, 9.17) is 16.1 Å². The van der Waals surface area contributed by atoms with E-state index in [9.17, 15) is 4.79 Å². The summed E-state index contributed by atoms with van der Waals surface area (Å²) >= 11 is 6.01. The van der Waals surface area contributed by atoms with Crippen molar-refractivity contribution in [1.29, 1.82) is 0 Å². The molecule has 1 aromatic heterocycles. The molecule has 1 fully saturated rings. The predicted molar refractivity (Wildman–Crippen MR) is 108 cm³/mol. The summed E-state index contributed by atoms with van der Waals surface area (Å²) in [7, 11) is 3.43. The number of benzene rings is 1. The van der Waals surface area contributed by atoms with E-state index in [1.165, 1.54) is 0 Å². The molecule has 2 N–H and O–H groups in total. The molecule has 1 saturated heterocycles. The molecule has 0 atom stereocenters. The van der Waals surface area contributed by atoms with Gasteiger partial charge in [0.05, 0.1) is 6.54 Å². The first-order valence-corrected chi connectivity index (χ1v) is 9.71. The Labute approximate surface area is 169 Å². The Hall–Kier alpha value is -2.61. The second-order valence-electron chi connectivity index (χ2n) is 6.73. The molecule has 0 unspecified atom stereocenters. The van der Waals surface area contributed by atoms with Gasteiger partial charge < -0.3 is 20.1 Å². The van der Waals surface area contributed by atoms with Gasteiger partial charge in [-0.3, -0.25) is 9.79 Å². The number of rotatable bonds is 5. The highest BCUT2D eigenvalue weighted by molar-refractivity contribution is 6.30. The number of guanidine groups is 1. The molecule has 9 heteroatoms. The van der Waals surface area contributed by atoms with Gasteiger partial charge in [-0.15, -0.1) is 0 Å². The van der Waals surface area contributed by atoms with E-state index >= 15 is 0 Å². The SMILES string of the molecule is CN=C(NCc1nc(-c2cccc(Cl)c2)no1)N1CCC(CC(=O)NC)CC1. The second-order valence-corrected chi connectivity index (χ2v) is 7.17. The van der Waals surface area contributed by atoms with Crippen molar-refractivity contribution in [3.05, 3.63) is 35.2 Å². The van der Waals surface area contributed by atoms with Crippen LogP contribution in [0.3, 0.4) is 0 Å². The average Bonchev–Trinajstić information content (AvgIpc) is 3.18. The summed E-state index contributed by atoms with van der Waals surface area (Å²) in [6.45, 7) is 2.11. The molecule has 1 aromatic carbocycles. The van der Waals surface area contributed by atoms with Gasteiger partial charge in [0, 0.05) is 44.2 Å². The summed E-state index contributed by atoms with van der Waals surface area (Å²) in [6, 6.07) is 7.33. The summed E-state index contributed by atoms with van der Waals surface area (Å²) in [5.74, 6) is 2.30. The summed E-state index contributed by atoms with van der Waals surface area (Å²) in [6.07, 6.45) is 2.52. The van der Waals surface area contributed by atoms with Gasteiger partial charge in [-0.1, -0.05) is 28.9 Å². The van der Waals surface area contributed by atoms with Crippen LogP contribution in [0.15, 0.2) is 33.8 Å². The molecule has 150 valence electrons. The van der Waals surface area contributed by atoms with Crippen LogP contribution in [0.4, 0.5) is 0 Å². The summed E-state index contributed by atoms with van der Waals surface area (Å²) < 4.78 is 5.33. The normalized spacial score (nSPS) is 15.5. The molecule has 2 aromatic rings. The second kappa shape index (κ2) is 9.54. The fraction of sp³-hybridized carbons (Fsp3) is 0.474. The monoisotopic (exact) mass is 404 g/mol. The lowest BCUT2D eigenvalue weighted by Crippen LogP contribution is -2.45. The van der Waals surface area contributed by atoms with E-state index in [1.54, 1.807) is 26.2 Å². The van der Waals surface area contributed by atoms with E-state index in [2.05, 4.69) is 30.7 Å². The largest absolute Gasteiger partial charge is 0.359 e. The topological polar surface area (TPSA) is 95.7 Å². The number of carbonyl (C=O) groups is 1. The third kappa shape index (κ3) is 5.22. The Bertz CT molecular complexity index is 829. The van der Waals surface area contributed by atoms with Crippen LogP contribution in [0, 0.1) is 5.92 Å². The molecule has 28 heavy (non-hydrogen) atoms. The number of amides is 1. The van der Waals surface area contributed by atoms with Crippen molar-refractivity contribution < 1.29 is 9.32 Å². The minimum absolute atomic E-state index is 0.104. The van der Waals surface area contributed by atoms with E-state index < -0.39 is 0 Å². The van der Waals surface area contributed by atoms with Crippen LogP contribution in [-0.2, 0) is 11.3 Å². The first-order chi connectivity index (χ1) is 13.6. The zero-order valence-corrected chi connectivity index (χ0v) is 16.9. The smallest absolute Gasteiger partial charge is 0.246 e. The minimum Gasteiger partial charge on any atom is -0.359 e. The van der Waals surface area contributed by atoms with E-state index in [1.807, 2.05) is 12.1 Å². The number of piperidine rings is 1. The Morgan fingerprint density at radius 3 is 2.86 bits per heavy atom. The highest BCUT2D eigenvalue weighted by Crippen LogP contribution is 2.21. The molecule has 0 aliphatic carbocycles. The Morgan fingerprint density at radius 2 is 2.18 bits per heavy atom. The molecule has 0 saturated carbocycles. The van der Waals surface area contributed by atoms with Gasteiger partial charge in [0.15, 0.2) is 5.96 Å². The maximum Gasteiger partial charge on any atom is 0.246 e. The van der Waals surface area contributed by atoms with Crippen LogP contribution in [0.5, 0.6) is 0 Å². The first-order valence-electron chi connectivity index (χ1n) is 9.33. The molecule has 2 heterocycles. The fourth-order valence-electron chi connectivity index (χ4n) is 3.27. The maximum atomic E-state index is 11.5. The lowest BCUT2D eigenvalue weighted by molar-refractivity contribution is -0.121. The van der Waals surface area contributed by atoms with Crippen LogP contribution in [0.2, 0.25) is 5.02 Å². The van der Waals surface area contributed by atoms with Gasteiger partial charge in [-0.2, -0.15) is 4.98 Å². The van der Waals surface area contributed by atoms with Crippen molar-refractivity contribution in [2.75, 3.05) is 27.2 Å². The van der Waals surface area contributed by atoms with Gasteiger partial charge in [-0.05, 0) is 30.9 Å². The van der Waals surface area contributed by atoms with E-state index in [0.29, 0.717) is 35.6 Å². The Balaban J connectivity index is 1.52. The lowest BCUT2D eigenvalue weighted by atomic mass is 9.93. The van der Waals surface area contributed by atoms with Gasteiger partial charge >= 0.3 is 0 Å². The highest BCUT2D eigenvalue weighted by Gasteiger charge is 2.23. The Kier molecular flexibility index (Phi) is 6.86. The number of nitrogens with one attached hydrogen (secondary N) is 2. The van der Waals surface area contributed by atoms with Gasteiger partial charge in [0.2, 0.25) is 17.6 Å². The van der Waals surface area contributed by atoms with Gasteiger partial charge in [0.1, 0.15) is 0 Å². The number of aromatic nitrogens is 2. The van der Waals surface area contributed by atoms with Crippen molar-refractivity contribution in [1.82, 2.24) is 25.7 Å². The van der Waals surface area contributed by atoms with Crippen LogP contribution in [-0.4, -0.2) is 54.1 Å². The number of likely N-dealkylation sites (tertiary alicyclic amines) is 1. The lowest BCUT2D eigenvalue weighted by Gasteiger charge is -2.33. The van der Waals surface area contributed by atoms with E-state index in [-0.39, 0.29) is 5.91 Å². The Morgan fingerprint density at radius 1 is 1.39 bits per heavy atom. The van der Waals surface area contributed by atoms with Gasteiger partial charge in [-0.25, -0.2) is 0 Å². The molecular weight excluding hydrogens is 380 g/mol. The van der Waals surface area contributed by atoms with Crippen LogP contribution < -0.4 is 10.6 Å². The third-order valence-corrected chi connectivity index (χ3v) is 5.06. The average molecular weight is 405 g/mol. The van der Waals surface area contributed by atoms with Crippen LogP contribution >= 0.6 is 11.6 Å². The van der Waals surface area contributed by atoms with Crippen LogP contribution in [0.25, 0.3) is 11.4 Å². The highest BCUT2D eigenvalue weighted by atomic mass is 35.5. The zero-order chi connectivity index (χ0) is 19.9. The fourth-order valence-corrected chi connectivity index (χ4v) is 3.46. The van der Waals surface area contributed by atoms with Crippen molar-refractivity contribution >= 4 is 23.5 Å². The number of aliphatic imine (C=N–C) groups is 1. The molecule has 0 radical (unpaired) electrons. The number of hydrogen-bond donors (Lipinski definition) is 2. The summed E-state index contributed by atoms with van der Waals surface area (Å²) in [5, 5.41) is 10.6. The molecule has 1 aliphatic heterocycles. The third-order valence-electron chi connectivity index (χ3n) is 4.83. The van der Waals surface area contributed by atoms with Crippen molar-refractivity contribution in [2.45, 2.75) is 25.8 Å². The number of carbonyl (C=O) groups excluding carboxylic acids is 1. The molecule has 1 amide bonds. The van der Waals surface area contributed by atoms with Crippen molar-refractivity contribution in [2.24, 2.45) is 10.9 Å². The van der Waals surface area contributed by atoms with E-state index in [0.717, 1.165) is 37.5 Å². The molecule has 3 rings (SSSR count). The number of hydrogen-bond acceptors (Lipinski definition) is 5. The summed E-state index contributed by atoms with van der Waals surface area (Å²) in [5.41, 5.74) is 0.810. The quantitative estimate of drug-likeness (QED) is 0.586. The molecule has 0 bridgehead atoms. The van der Waals surface area contributed by atoms with Crippen molar-refractivity contribution in [3.8, 4) is 11.4 Å². The van der Waals surface area contributed by atoms with Crippen LogP contribution in [0.1, 0.15) is 25.2 Å². The molecular formula is C19H25ClN6O2. The molecule has 0 spiro atoms. The number of nitrogens with zero attached hydrogens (tertiary/aromatic N) is 4. The first kappa shape index (κ1) is 20.1. The standard InChI is InChI=1S/C19H25ClN6O2/c1-21-16(27)10-13-6-8-26(9-7-13)19(22-2)23-12-17-24-18(25-28-17)14-4-3-5-15(20)11-14/h3-5,11,13H,6-10,12H2,1-2H3,(H,21,27)(H,22,23). The number of halogens is 1. The van der Waals surface area contributed by atoms with Crippen molar-refractivity contribution in [3.63, 3.8) is 0 Å². The maximum absolute atomic E-state index is 11.5. The summed E-state index contributed by atoms with van der Waals surface area (Å²) in [4.78, 5) is 22.5. The minimum atomic E-state index is 0.104. The van der Waals surface area contributed by atoms with Gasteiger partial charge in [0.25, 0.3) is 0 Å². The molecule has 1 aliphatic rings. The predicted octanol–water partition coefficient (Wildman–Crippen LogP) is 2.31. The molecule has 8 nitrogen and oxygen atoms in total. The zero-order valence-electron chi connectivity index (χ0n) is 16.1.